The number of ether oxygens (including phenoxy) is 2. The third-order valence-corrected chi connectivity index (χ3v) is 3.09. The molecule has 1 fully saturated rings. The van der Waals surface area contributed by atoms with Crippen molar-refractivity contribution in [2.45, 2.75) is 19.1 Å². The van der Waals surface area contributed by atoms with Gasteiger partial charge in [0.05, 0.1) is 26.2 Å². The second-order valence-electron chi connectivity index (χ2n) is 4.49. The quantitative estimate of drug-likeness (QED) is 0.821. The Hall–Kier alpha value is -1.59. The zero-order valence-corrected chi connectivity index (χ0v) is 11.1. The number of para-hydroxylation sites is 1. The Balaban J connectivity index is 1.79. The van der Waals surface area contributed by atoms with Crippen LogP contribution in [0.2, 0.25) is 0 Å². The van der Waals surface area contributed by atoms with Crippen LogP contribution in [-0.4, -0.2) is 38.8 Å². The lowest BCUT2D eigenvalue weighted by Gasteiger charge is -2.23. The van der Waals surface area contributed by atoms with Crippen molar-refractivity contribution in [2.24, 2.45) is 0 Å². The van der Waals surface area contributed by atoms with Crippen molar-refractivity contribution in [3.63, 3.8) is 0 Å². The number of hydrogen-bond donors (Lipinski definition) is 2. The minimum atomic E-state index is -0.0218. The highest BCUT2D eigenvalue weighted by Gasteiger charge is 2.17. The monoisotopic (exact) mass is 264 g/mol. The SMILES string of the molecule is COc1ccccc1CNC(=O)CC1CNCCO1. The van der Waals surface area contributed by atoms with E-state index < -0.39 is 0 Å². The fraction of sp³-hybridized carbons (Fsp3) is 0.500. The average molecular weight is 264 g/mol. The molecule has 0 aliphatic carbocycles. The van der Waals surface area contributed by atoms with E-state index >= 15 is 0 Å². The molecule has 1 saturated heterocycles. The number of carbonyl (C=O) groups is 1. The van der Waals surface area contributed by atoms with Crippen LogP contribution in [0, 0.1) is 0 Å². The average Bonchev–Trinajstić information content (AvgIpc) is 2.46. The number of hydrogen-bond acceptors (Lipinski definition) is 4. The summed E-state index contributed by atoms with van der Waals surface area (Å²) in [5.74, 6) is 0.790. The predicted molar refractivity (Wildman–Crippen MR) is 72.1 cm³/mol. The summed E-state index contributed by atoms with van der Waals surface area (Å²) in [5, 5.41) is 6.10. The number of nitrogens with one attached hydrogen (secondary N) is 2. The molecule has 1 aliphatic rings. The normalized spacial score (nSPS) is 18.9. The predicted octanol–water partition coefficient (Wildman–Crippen LogP) is 0.690. The lowest BCUT2D eigenvalue weighted by atomic mass is 10.2. The molecule has 1 amide bonds. The molecular formula is C14H20N2O3. The van der Waals surface area contributed by atoms with Gasteiger partial charge in [0.2, 0.25) is 5.91 Å². The molecular weight excluding hydrogens is 244 g/mol. The largest absolute Gasteiger partial charge is 0.496 e. The van der Waals surface area contributed by atoms with Crippen molar-refractivity contribution in [1.82, 2.24) is 10.6 Å². The van der Waals surface area contributed by atoms with Crippen molar-refractivity contribution in [3.05, 3.63) is 29.8 Å². The number of amides is 1. The first-order chi connectivity index (χ1) is 9.29. The van der Waals surface area contributed by atoms with Crippen molar-refractivity contribution >= 4 is 5.91 Å². The van der Waals surface area contributed by atoms with Crippen LogP contribution in [0.1, 0.15) is 12.0 Å². The van der Waals surface area contributed by atoms with E-state index in [4.69, 9.17) is 9.47 Å². The van der Waals surface area contributed by atoms with E-state index in [9.17, 15) is 4.79 Å². The maximum atomic E-state index is 11.8. The van der Waals surface area contributed by atoms with Gasteiger partial charge in [0, 0.05) is 25.2 Å². The van der Waals surface area contributed by atoms with Gasteiger partial charge in [0.1, 0.15) is 5.75 Å². The Morgan fingerprint density at radius 3 is 3.11 bits per heavy atom. The molecule has 5 heteroatoms. The second kappa shape index (κ2) is 7.11. The molecule has 1 unspecified atom stereocenters. The van der Waals surface area contributed by atoms with E-state index in [1.165, 1.54) is 0 Å². The summed E-state index contributed by atoms with van der Waals surface area (Å²) >= 11 is 0. The molecule has 0 bridgehead atoms. The molecule has 0 spiro atoms. The molecule has 1 heterocycles. The molecule has 0 aromatic heterocycles. The van der Waals surface area contributed by atoms with Gasteiger partial charge in [-0.3, -0.25) is 4.79 Å². The lowest BCUT2D eigenvalue weighted by molar-refractivity contribution is -0.124. The van der Waals surface area contributed by atoms with E-state index in [2.05, 4.69) is 10.6 Å². The van der Waals surface area contributed by atoms with E-state index in [0.29, 0.717) is 19.6 Å². The van der Waals surface area contributed by atoms with Gasteiger partial charge in [-0.1, -0.05) is 18.2 Å². The summed E-state index contributed by atoms with van der Waals surface area (Å²) in [6.07, 6.45) is 0.369. The van der Waals surface area contributed by atoms with Crippen LogP contribution in [0.25, 0.3) is 0 Å². The highest BCUT2D eigenvalue weighted by molar-refractivity contribution is 5.76. The molecule has 1 aromatic carbocycles. The first-order valence-electron chi connectivity index (χ1n) is 6.50. The maximum Gasteiger partial charge on any atom is 0.222 e. The van der Waals surface area contributed by atoms with Crippen LogP contribution >= 0.6 is 0 Å². The Bertz CT molecular complexity index is 417. The van der Waals surface area contributed by atoms with Crippen LogP contribution < -0.4 is 15.4 Å². The number of methoxy groups -OCH3 is 1. The molecule has 104 valence electrons. The Labute approximate surface area is 113 Å². The number of carbonyl (C=O) groups excluding carboxylic acids is 1. The van der Waals surface area contributed by atoms with Crippen molar-refractivity contribution in [3.8, 4) is 5.75 Å². The molecule has 0 saturated carbocycles. The van der Waals surface area contributed by atoms with Crippen LogP contribution in [-0.2, 0) is 16.1 Å². The van der Waals surface area contributed by atoms with Gasteiger partial charge < -0.3 is 20.1 Å². The van der Waals surface area contributed by atoms with Gasteiger partial charge in [-0.25, -0.2) is 0 Å². The Morgan fingerprint density at radius 1 is 1.53 bits per heavy atom. The van der Waals surface area contributed by atoms with Crippen LogP contribution in [0.4, 0.5) is 0 Å². The highest BCUT2D eigenvalue weighted by Crippen LogP contribution is 2.16. The molecule has 19 heavy (non-hydrogen) atoms. The van der Waals surface area contributed by atoms with Crippen LogP contribution in [0.5, 0.6) is 5.75 Å². The smallest absolute Gasteiger partial charge is 0.222 e. The van der Waals surface area contributed by atoms with E-state index in [1.54, 1.807) is 7.11 Å². The lowest BCUT2D eigenvalue weighted by Crippen LogP contribution is -2.41. The second-order valence-corrected chi connectivity index (χ2v) is 4.49. The minimum absolute atomic E-state index is 0.000365. The molecule has 1 aromatic rings. The topological polar surface area (TPSA) is 59.6 Å². The van der Waals surface area contributed by atoms with Gasteiger partial charge in [0.15, 0.2) is 0 Å². The maximum absolute atomic E-state index is 11.8. The minimum Gasteiger partial charge on any atom is -0.496 e. The summed E-state index contributed by atoms with van der Waals surface area (Å²) < 4.78 is 10.7. The van der Waals surface area contributed by atoms with Crippen LogP contribution in [0.15, 0.2) is 24.3 Å². The van der Waals surface area contributed by atoms with Crippen molar-refractivity contribution in [2.75, 3.05) is 26.8 Å². The Kier molecular flexibility index (Phi) is 5.18. The highest BCUT2D eigenvalue weighted by atomic mass is 16.5. The summed E-state index contributed by atoms with van der Waals surface area (Å²) in [6, 6.07) is 7.66. The summed E-state index contributed by atoms with van der Waals surface area (Å²) in [6.45, 7) is 2.74. The van der Waals surface area contributed by atoms with E-state index in [0.717, 1.165) is 24.4 Å². The summed E-state index contributed by atoms with van der Waals surface area (Å²) in [7, 11) is 1.63. The van der Waals surface area contributed by atoms with Gasteiger partial charge in [-0.15, -0.1) is 0 Å². The molecule has 2 N–H and O–H groups in total. The Morgan fingerprint density at radius 2 is 2.37 bits per heavy atom. The van der Waals surface area contributed by atoms with Gasteiger partial charge in [-0.2, -0.15) is 0 Å². The van der Waals surface area contributed by atoms with Crippen LogP contribution in [0.3, 0.4) is 0 Å². The summed E-state index contributed by atoms with van der Waals surface area (Å²) in [4.78, 5) is 11.8. The summed E-state index contributed by atoms with van der Waals surface area (Å²) in [5.41, 5.74) is 0.973. The molecule has 0 radical (unpaired) electrons. The zero-order chi connectivity index (χ0) is 13.5. The van der Waals surface area contributed by atoms with E-state index in [-0.39, 0.29) is 12.0 Å². The van der Waals surface area contributed by atoms with Crippen molar-refractivity contribution < 1.29 is 14.3 Å². The standard InChI is InChI=1S/C14H20N2O3/c1-18-13-5-3-2-4-11(13)9-16-14(17)8-12-10-15-6-7-19-12/h2-5,12,15H,6-10H2,1H3,(H,16,17). The molecule has 2 rings (SSSR count). The first-order valence-corrected chi connectivity index (χ1v) is 6.50. The van der Waals surface area contributed by atoms with E-state index in [1.807, 2.05) is 24.3 Å². The number of rotatable bonds is 5. The molecule has 5 nitrogen and oxygen atoms in total. The first kappa shape index (κ1) is 13.8. The number of benzene rings is 1. The van der Waals surface area contributed by atoms with Crippen molar-refractivity contribution in [1.29, 1.82) is 0 Å². The number of morpholine rings is 1. The fourth-order valence-corrected chi connectivity index (χ4v) is 2.07. The van der Waals surface area contributed by atoms with Gasteiger partial charge >= 0.3 is 0 Å². The van der Waals surface area contributed by atoms with Gasteiger partial charge in [-0.05, 0) is 6.07 Å². The van der Waals surface area contributed by atoms with Gasteiger partial charge in [0.25, 0.3) is 0 Å². The zero-order valence-electron chi connectivity index (χ0n) is 11.1. The fourth-order valence-electron chi connectivity index (χ4n) is 2.07. The molecule has 1 atom stereocenters. The molecule has 1 aliphatic heterocycles. The third kappa shape index (κ3) is 4.22. The third-order valence-electron chi connectivity index (χ3n) is 3.09.